The minimum absolute atomic E-state index is 0.0930. The molecule has 28 heavy (non-hydrogen) atoms. The van der Waals surface area contributed by atoms with E-state index in [1.54, 1.807) is 25.3 Å². The van der Waals surface area contributed by atoms with Crippen molar-refractivity contribution < 1.29 is 19.1 Å². The van der Waals surface area contributed by atoms with Crippen molar-refractivity contribution in [1.82, 2.24) is 9.47 Å². The summed E-state index contributed by atoms with van der Waals surface area (Å²) >= 11 is 1.05. The summed E-state index contributed by atoms with van der Waals surface area (Å²) in [5.74, 6) is 0. The molecule has 0 fully saturated rings. The van der Waals surface area contributed by atoms with Gasteiger partial charge in [0, 0.05) is 6.54 Å². The van der Waals surface area contributed by atoms with Crippen molar-refractivity contribution in [2.75, 3.05) is 13.2 Å². The number of aromatic nitrogens is 1. The van der Waals surface area contributed by atoms with Gasteiger partial charge in [-0.3, -0.25) is 14.3 Å². The second-order valence-electron chi connectivity index (χ2n) is 9.82. The van der Waals surface area contributed by atoms with Crippen LogP contribution in [0.4, 0.5) is 4.79 Å². The number of rotatable bonds is 4. The molecule has 1 atom stereocenters. The normalized spacial score (nSPS) is 18.2. The van der Waals surface area contributed by atoms with Crippen molar-refractivity contribution in [1.29, 1.82) is 0 Å². The van der Waals surface area contributed by atoms with E-state index in [0.29, 0.717) is 23.7 Å². The Balaban J connectivity index is 2.16. The van der Waals surface area contributed by atoms with E-state index in [0.717, 1.165) is 11.3 Å². The monoisotopic (exact) mass is 430 g/mol. The molecule has 1 amide bonds. The molecule has 1 N–H and O–H groups in total. The molecule has 2 heterocycles. The van der Waals surface area contributed by atoms with Gasteiger partial charge in [0.15, 0.2) is 8.32 Å². The summed E-state index contributed by atoms with van der Waals surface area (Å²) in [5, 5.41) is 10.6. The highest BCUT2D eigenvalue weighted by molar-refractivity contribution is 7.09. The Bertz CT molecular complexity index is 773. The van der Waals surface area contributed by atoms with Crippen LogP contribution in [0.3, 0.4) is 0 Å². The van der Waals surface area contributed by atoms with Gasteiger partial charge in [-0.15, -0.1) is 0 Å². The summed E-state index contributed by atoms with van der Waals surface area (Å²) in [4.78, 5) is 26.9. The Morgan fingerprint density at radius 2 is 1.86 bits per heavy atom. The van der Waals surface area contributed by atoms with E-state index in [2.05, 4.69) is 33.9 Å². The first-order valence-electron chi connectivity index (χ1n) is 9.65. The molecule has 2 rings (SSSR count). The smallest absolute Gasteiger partial charge is 0.410 e. The Hall–Kier alpha value is -1.16. The predicted octanol–water partition coefficient (Wildman–Crippen LogP) is 3.72. The molecule has 0 aromatic carbocycles. The topological polar surface area (TPSA) is 81.0 Å². The number of hydrogen-bond acceptors (Lipinski definition) is 6. The third-order valence-electron chi connectivity index (χ3n) is 5.30. The fourth-order valence-electron chi connectivity index (χ4n) is 2.71. The third kappa shape index (κ3) is 5.25. The van der Waals surface area contributed by atoms with E-state index in [4.69, 9.17) is 9.16 Å². The Morgan fingerprint density at radius 3 is 2.39 bits per heavy atom. The van der Waals surface area contributed by atoms with Gasteiger partial charge in [0.05, 0.1) is 30.3 Å². The molecule has 1 aromatic rings. The molecule has 0 bridgehead atoms. The zero-order valence-corrected chi connectivity index (χ0v) is 20.1. The molecule has 0 aliphatic carbocycles. The van der Waals surface area contributed by atoms with Crippen LogP contribution in [-0.4, -0.2) is 47.7 Å². The Kier molecular flexibility index (Phi) is 6.55. The van der Waals surface area contributed by atoms with Gasteiger partial charge in [-0.25, -0.2) is 4.79 Å². The van der Waals surface area contributed by atoms with Gasteiger partial charge in [-0.2, -0.15) is 0 Å². The molecule has 160 valence electrons. The first-order chi connectivity index (χ1) is 12.6. The molecule has 0 saturated heterocycles. The lowest BCUT2D eigenvalue weighted by Crippen LogP contribution is -2.43. The Morgan fingerprint density at radius 1 is 1.25 bits per heavy atom. The molecule has 1 aliphatic heterocycles. The van der Waals surface area contributed by atoms with Crippen molar-refractivity contribution in [3.8, 4) is 0 Å². The molecule has 0 radical (unpaired) electrons. The maximum Gasteiger partial charge on any atom is 0.410 e. The summed E-state index contributed by atoms with van der Waals surface area (Å²) in [5.41, 5.74) is 0.0617. The molecule has 0 spiro atoms. The van der Waals surface area contributed by atoms with Crippen molar-refractivity contribution in [2.24, 2.45) is 0 Å². The molecule has 1 unspecified atom stereocenters. The number of aliphatic hydroxyl groups is 1. The number of amides is 1. The van der Waals surface area contributed by atoms with Gasteiger partial charge >= 0.3 is 11.0 Å². The second kappa shape index (κ2) is 7.93. The highest BCUT2D eigenvalue weighted by atomic mass is 32.1. The summed E-state index contributed by atoms with van der Waals surface area (Å²) in [7, 11) is -1.91. The average molecular weight is 431 g/mol. The summed E-state index contributed by atoms with van der Waals surface area (Å²) in [6, 6.07) is 0. The SMILES string of the molecule is CC(C)(C)OC(=O)N1Cc2c(sc(=O)n2CCO[Si](C)(C)C(C)(C)C)C(O)C1. The molecule has 7 nitrogen and oxygen atoms in total. The number of aliphatic hydroxyl groups excluding tert-OH is 1. The number of ether oxygens (including phenoxy) is 1. The van der Waals surface area contributed by atoms with Crippen LogP contribution in [0.15, 0.2) is 4.79 Å². The largest absolute Gasteiger partial charge is 0.444 e. The van der Waals surface area contributed by atoms with Gasteiger partial charge in [-0.1, -0.05) is 32.1 Å². The molecule has 9 heteroatoms. The number of carbonyl (C=O) groups is 1. The maximum atomic E-state index is 12.5. The number of nitrogens with zero attached hydrogens (tertiary/aromatic N) is 2. The first kappa shape index (κ1) is 23.1. The summed E-state index contributed by atoms with van der Waals surface area (Å²) in [6.45, 7) is 17.5. The quantitative estimate of drug-likeness (QED) is 0.737. The predicted molar refractivity (Wildman–Crippen MR) is 113 cm³/mol. The lowest BCUT2D eigenvalue weighted by Gasteiger charge is -2.36. The Labute approximate surface area is 172 Å². The highest BCUT2D eigenvalue weighted by Gasteiger charge is 2.37. The minimum Gasteiger partial charge on any atom is -0.444 e. The number of carbonyl (C=O) groups excluding carboxylic acids is 1. The van der Waals surface area contributed by atoms with Crippen LogP contribution >= 0.6 is 11.3 Å². The van der Waals surface area contributed by atoms with Crippen LogP contribution in [0, 0.1) is 0 Å². The van der Waals surface area contributed by atoms with Gasteiger partial charge in [0.1, 0.15) is 11.7 Å². The van der Waals surface area contributed by atoms with E-state index in [9.17, 15) is 14.7 Å². The first-order valence-corrected chi connectivity index (χ1v) is 13.4. The lowest BCUT2D eigenvalue weighted by molar-refractivity contribution is 0.00791. The zero-order valence-electron chi connectivity index (χ0n) is 18.3. The second-order valence-corrected chi connectivity index (χ2v) is 15.6. The van der Waals surface area contributed by atoms with Crippen LogP contribution in [0.25, 0.3) is 0 Å². The number of β-amino-alcohol motifs (C(OH)–C–C–N with tert-alkyl or cyclic N) is 1. The van der Waals surface area contributed by atoms with E-state index >= 15 is 0 Å². The van der Waals surface area contributed by atoms with Crippen LogP contribution < -0.4 is 4.87 Å². The van der Waals surface area contributed by atoms with Crippen molar-refractivity contribution in [3.63, 3.8) is 0 Å². The van der Waals surface area contributed by atoms with E-state index in [1.165, 1.54) is 4.90 Å². The van der Waals surface area contributed by atoms with Gasteiger partial charge < -0.3 is 14.3 Å². The summed E-state index contributed by atoms with van der Waals surface area (Å²) < 4.78 is 13.3. The number of fused-ring (bicyclic) bond motifs is 1. The number of hydrogen-bond donors (Lipinski definition) is 1. The molecule has 1 aromatic heterocycles. The molecule has 0 saturated carbocycles. The van der Waals surface area contributed by atoms with Gasteiger partial charge in [-0.05, 0) is 38.9 Å². The standard InChI is InChI=1S/C19H34N2O5SSi/c1-18(2,3)26-16(23)20-11-13-15(14(22)12-20)27-17(24)21(13)9-10-25-28(7,8)19(4,5)6/h14,22H,9-12H2,1-8H3. The molecular formula is C19H34N2O5SSi. The maximum absolute atomic E-state index is 12.5. The lowest BCUT2D eigenvalue weighted by atomic mass is 10.1. The molecular weight excluding hydrogens is 396 g/mol. The van der Waals surface area contributed by atoms with E-state index < -0.39 is 26.1 Å². The van der Waals surface area contributed by atoms with Crippen LogP contribution in [-0.2, 0) is 22.3 Å². The van der Waals surface area contributed by atoms with E-state index in [-0.39, 0.29) is 23.0 Å². The van der Waals surface area contributed by atoms with Gasteiger partial charge in [0.25, 0.3) is 0 Å². The van der Waals surface area contributed by atoms with E-state index in [1.807, 2.05) is 0 Å². The minimum atomic E-state index is -1.91. The van der Waals surface area contributed by atoms with Crippen LogP contribution in [0.1, 0.15) is 58.2 Å². The van der Waals surface area contributed by atoms with Crippen molar-refractivity contribution in [2.45, 2.75) is 84.5 Å². The van der Waals surface area contributed by atoms with Crippen molar-refractivity contribution in [3.05, 3.63) is 20.2 Å². The molecule has 1 aliphatic rings. The summed E-state index contributed by atoms with van der Waals surface area (Å²) in [6.07, 6.45) is -1.36. The zero-order chi connectivity index (χ0) is 21.5. The van der Waals surface area contributed by atoms with Crippen LogP contribution in [0.2, 0.25) is 18.1 Å². The highest BCUT2D eigenvalue weighted by Crippen LogP contribution is 2.36. The van der Waals surface area contributed by atoms with Gasteiger partial charge in [0.2, 0.25) is 0 Å². The van der Waals surface area contributed by atoms with Crippen molar-refractivity contribution >= 4 is 25.7 Å². The fourth-order valence-corrected chi connectivity index (χ4v) is 4.75. The fraction of sp³-hybridized carbons (Fsp3) is 0.789. The average Bonchev–Trinajstić information content (AvgIpc) is 2.81. The third-order valence-corrected chi connectivity index (χ3v) is 11.0. The number of thiazole rings is 1. The van der Waals surface area contributed by atoms with Crippen LogP contribution in [0.5, 0.6) is 0 Å².